The lowest BCUT2D eigenvalue weighted by Crippen LogP contribution is -2.18. The minimum Gasteiger partial charge on any atom is -0.488 e. The molecule has 4 nitrogen and oxygen atoms in total. The third kappa shape index (κ3) is 5.30. The first-order valence-electron chi connectivity index (χ1n) is 8.18. The fourth-order valence-electron chi connectivity index (χ4n) is 2.35. The molecule has 27 heavy (non-hydrogen) atoms. The molecule has 0 spiro atoms. The lowest BCUT2D eigenvalue weighted by Gasteiger charge is -2.11. The van der Waals surface area contributed by atoms with Crippen molar-refractivity contribution in [2.24, 2.45) is 5.10 Å². The quantitative estimate of drug-likeness (QED) is 0.290. The van der Waals surface area contributed by atoms with E-state index < -0.39 is 0 Å². The maximum absolute atomic E-state index is 12.5. The zero-order valence-corrected chi connectivity index (χ0v) is 17.1. The minimum atomic E-state index is -0.341. The smallest absolute Gasteiger partial charge is 0.275 e. The number of benzene rings is 3. The molecule has 136 valence electrons. The largest absolute Gasteiger partial charge is 0.488 e. The molecule has 3 rings (SSSR count). The Labute approximate surface area is 176 Å². The first-order valence-corrected chi connectivity index (χ1v) is 9.64. The van der Waals surface area contributed by atoms with Crippen LogP contribution in [0.2, 0.25) is 5.02 Å². The van der Waals surface area contributed by atoms with Gasteiger partial charge in [-0.1, -0.05) is 60.1 Å². The molecule has 1 amide bonds. The van der Waals surface area contributed by atoms with Gasteiger partial charge in [0.2, 0.25) is 0 Å². The number of ether oxygens (including phenoxy) is 1. The van der Waals surface area contributed by atoms with Crippen molar-refractivity contribution in [2.75, 3.05) is 0 Å². The van der Waals surface area contributed by atoms with Gasteiger partial charge >= 0.3 is 0 Å². The van der Waals surface area contributed by atoms with Crippen LogP contribution < -0.4 is 10.2 Å². The van der Waals surface area contributed by atoms with E-state index in [0.717, 1.165) is 14.7 Å². The molecule has 6 heteroatoms. The molecule has 0 fully saturated rings. The van der Waals surface area contributed by atoms with Gasteiger partial charge in [-0.25, -0.2) is 5.43 Å². The highest BCUT2D eigenvalue weighted by Gasteiger charge is 2.12. The van der Waals surface area contributed by atoms with Gasteiger partial charge in [-0.05, 0) is 46.9 Å². The third-order valence-electron chi connectivity index (χ3n) is 3.75. The Morgan fingerprint density at radius 3 is 2.56 bits per heavy atom. The van der Waals surface area contributed by atoms with Gasteiger partial charge in [-0.15, -0.1) is 0 Å². The van der Waals surface area contributed by atoms with E-state index >= 15 is 0 Å². The Morgan fingerprint density at radius 2 is 1.74 bits per heavy atom. The maximum Gasteiger partial charge on any atom is 0.275 e. The van der Waals surface area contributed by atoms with Gasteiger partial charge in [0.1, 0.15) is 12.4 Å². The number of nitrogens with zero attached hydrogens (tertiary/aromatic N) is 1. The molecule has 0 aliphatic rings. The maximum atomic E-state index is 12.5. The molecule has 0 aromatic heterocycles. The van der Waals surface area contributed by atoms with Crippen LogP contribution in [0.1, 0.15) is 21.5 Å². The number of carbonyl (C=O) groups is 1. The highest BCUT2D eigenvalue weighted by Crippen LogP contribution is 2.22. The van der Waals surface area contributed by atoms with Gasteiger partial charge in [0.05, 0.1) is 11.8 Å². The van der Waals surface area contributed by atoms with Crippen molar-refractivity contribution < 1.29 is 9.53 Å². The fraction of sp³-hybridized carbons (Fsp3) is 0.0476. The number of halogens is 2. The lowest BCUT2D eigenvalue weighted by atomic mass is 10.2. The summed E-state index contributed by atoms with van der Waals surface area (Å²) in [6, 6.07) is 22.2. The van der Waals surface area contributed by atoms with Crippen molar-refractivity contribution in [1.82, 2.24) is 5.43 Å². The van der Waals surface area contributed by atoms with Crippen molar-refractivity contribution in [3.05, 3.63) is 98.1 Å². The second-order valence-electron chi connectivity index (χ2n) is 5.60. The summed E-state index contributed by atoms with van der Waals surface area (Å²) in [5.41, 5.74) is 4.74. The van der Waals surface area contributed by atoms with Crippen LogP contribution in [0, 0.1) is 3.57 Å². The number of carbonyl (C=O) groups excluding carboxylic acids is 1. The highest BCUT2D eigenvalue weighted by atomic mass is 127. The van der Waals surface area contributed by atoms with E-state index in [4.69, 9.17) is 16.3 Å². The molecule has 0 atom stereocenters. The van der Waals surface area contributed by atoms with Crippen molar-refractivity contribution >= 4 is 46.3 Å². The average molecular weight is 491 g/mol. The summed E-state index contributed by atoms with van der Waals surface area (Å²) in [7, 11) is 0. The van der Waals surface area contributed by atoms with Gasteiger partial charge in [-0.3, -0.25) is 4.79 Å². The summed E-state index contributed by atoms with van der Waals surface area (Å²) < 4.78 is 6.86. The molecule has 0 radical (unpaired) electrons. The number of hydrogen-bond donors (Lipinski definition) is 1. The third-order valence-corrected chi connectivity index (χ3v) is 5.10. The number of amides is 1. The second-order valence-corrected chi connectivity index (χ2v) is 7.17. The van der Waals surface area contributed by atoms with E-state index in [1.165, 1.54) is 0 Å². The molecular weight excluding hydrogens is 475 g/mol. The summed E-state index contributed by atoms with van der Waals surface area (Å²) >= 11 is 8.37. The zero-order valence-electron chi connectivity index (χ0n) is 14.2. The number of hydrazone groups is 1. The topological polar surface area (TPSA) is 50.7 Å². The second kappa shape index (κ2) is 9.53. The van der Waals surface area contributed by atoms with Crippen LogP contribution in [0.25, 0.3) is 0 Å². The molecule has 0 aliphatic carbocycles. The van der Waals surface area contributed by atoms with Gasteiger partial charge in [0.15, 0.2) is 0 Å². The molecule has 0 aliphatic heterocycles. The first kappa shape index (κ1) is 19.4. The van der Waals surface area contributed by atoms with E-state index in [9.17, 15) is 4.79 Å². The van der Waals surface area contributed by atoms with Gasteiger partial charge in [-0.2, -0.15) is 5.10 Å². The van der Waals surface area contributed by atoms with Crippen LogP contribution in [-0.4, -0.2) is 12.1 Å². The number of nitrogens with one attached hydrogen (secondary N) is 1. The molecule has 1 N–H and O–H groups in total. The molecule has 3 aromatic rings. The molecule has 0 saturated heterocycles. The van der Waals surface area contributed by atoms with E-state index in [-0.39, 0.29) is 12.5 Å². The Balaban J connectivity index is 1.68. The first-order chi connectivity index (χ1) is 13.1. The van der Waals surface area contributed by atoms with E-state index in [0.29, 0.717) is 16.3 Å². The van der Waals surface area contributed by atoms with Crippen molar-refractivity contribution in [3.8, 4) is 5.75 Å². The zero-order chi connectivity index (χ0) is 19.1. The van der Waals surface area contributed by atoms with E-state index in [2.05, 4.69) is 33.1 Å². The molecule has 0 unspecified atom stereocenters. The van der Waals surface area contributed by atoms with Crippen molar-refractivity contribution in [2.45, 2.75) is 6.61 Å². The number of rotatable bonds is 6. The normalized spacial score (nSPS) is 10.7. The van der Waals surface area contributed by atoms with E-state index in [1.807, 2.05) is 48.5 Å². The predicted molar refractivity (Wildman–Crippen MR) is 116 cm³/mol. The van der Waals surface area contributed by atoms with Crippen molar-refractivity contribution in [1.29, 1.82) is 0 Å². The Kier molecular flexibility index (Phi) is 6.84. The number of hydrogen-bond acceptors (Lipinski definition) is 3. The fourth-order valence-corrected chi connectivity index (χ4v) is 3.07. The Morgan fingerprint density at radius 1 is 1.04 bits per heavy atom. The molecule has 0 bridgehead atoms. The predicted octanol–water partition coefficient (Wildman–Crippen LogP) is 5.29. The van der Waals surface area contributed by atoms with E-state index in [1.54, 1.807) is 30.5 Å². The monoisotopic (exact) mass is 490 g/mol. The minimum absolute atomic E-state index is 0.273. The standard InChI is InChI=1S/C21H16ClIN2O2/c22-18-10-4-1-8-16(18)14-27-20-12-6-3-9-17(20)21(26)25-24-13-15-7-2-5-11-19(15)23/h1-13H,14H2,(H,25,26)/b24-13+. The summed E-state index contributed by atoms with van der Waals surface area (Å²) in [5, 5.41) is 4.67. The lowest BCUT2D eigenvalue weighted by molar-refractivity contribution is 0.0950. The summed E-state index contributed by atoms with van der Waals surface area (Å²) in [6.07, 6.45) is 1.62. The van der Waals surface area contributed by atoms with Crippen LogP contribution in [-0.2, 0) is 6.61 Å². The molecule has 3 aromatic carbocycles. The Bertz CT molecular complexity index is 976. The molecule has 0 heterocycles. The molecule has 0 saturated carbocycles. The van der Waals surface area contributed by atoms with Gasteiger partial charge in [0.25, 0.3) is 5.91 Å². The van der Waals surface area contributed by atoms with Gasteiger partial charge in [0, 0.05) is 19.7 Å². The summed E-state index contributed by atoms with van der Waals surface area (Å²) in [5.74, 6) is 0.131. The van der Waals surface area contributed by atoms with Crippen LogP contribution in [0.3, 0.4) is 0 Å². The van der Waals surface area contributed by atoms with Crippen LogP contribution in [0.15, 0.2) is 77.9 Å². The van der Waals surface area contributed by atoms with Crippen LogP contribution in [0.5, 0.6) is 5.75 Å². The van der Waals surface area contributed by atoms with Gasteiger partial charge < -0.3 is 4.74 Å². The Hall–Kier alpha value is -2.38. The highest BCUT2D eigenvalue weighted by molar-refractivity contribution is 14.1. The summed E-state index contributed by atoms with van der Waals surface area (Å²) in [4.78, 5) is 12.5. The SMILES string of the molecule is O=C(N/N=C/c1ccccc1I)c1ccccc1OCc1ccccc1Cl. The average Bonchev–Trinajstić information content (AvgIpc) is 2.69. The van der Waals surface area contributed by atoms with Crippen molar-refractivity contribution in [3.63, 3.8) is 0 Å². The number of para-hydroxylation sites is 1. The van der Waals surface area contributed by atoms with Crippen LogP contribution in [0.4, 0.5) is 0 Å². The summed E-state index contributed by atoms with van der Waals surface area (Å²) in [6.45, 7) is 0.273. The van der Waals surface area contributed by atoms with Crippen LogP contribution >= 0.6 is 34.2 Å². The molecular formula is C21H16ClIN2O2.